The third-order valence-corrected chi connectivity index (χ3v) is 4.01. The second-order valence-corrected chi connectivity index (χ2v) is 5.74. The summed E-state index contributed by atoms with van der Waals surface area (Å²) in [6.45, 7) is -0.335. The van der Waals surface area contributed by atoms with Gasteiger partial charge in [0.15, 0.2) is 0 Å². The third-order valence-electron chi connectivity index (χ3n) is 3.32. The first-order valence-corrected chi connectivity index (χ1v) is 7.70. The van der Waals surface area contributed by atoms with Gasteiger partial charge in [0.05, 0.1) is 23.2 Å². The monoisotopic (exact) mass is 408 g/mol. The van der Waals surface area contributed by atoms with Crippen LogP contribution in [0.1, 0.15) is 26.3 Å². The summed E-state index contributed by atoms with van der Waals surface area (Å²) in [5, 5.41) is 11.1. The van der Waals surface area contributed by atoms with Crippen molar-refractivity contribution in [2.75, 3.05) is 7.11 Å². The van der Waals surface area contributed by atoms with Crippen LogP contribution in [0.2, 0.25) is 0 Å². The number of carbonyl (C=O) groups is 2. The maximum atomic E-state index is 12.2. The summed E-state index contributed by atoms with van der Waals surface area (Å²) in [5.41, 5.74) is 5.12. The summed E-state index contributed by atoms with van der Waals surface area (Å²) in [6.07, 6.45) is 0. The largest absolute Gasteiger partial charge is 0.497 e. The average molecular weight is 409 g/mol. The predicted molar refractivity (Wildman–Crippen MR) is 91.4 cm³/mol. The Bertz CT molecular complexity index is 853. The Morgan fingerprint density at radius 3 is 2.56 bits per heavy atom. The van der Waals surface area contributed by atoms with Crippen molar-refractivity contribution in [3.05, 3.63) is 67.7 Å². The fourth-order valence-electron chi connectivity index (χ4n) is 2.02. The first kappa shape index (κ1) is 18.4. The number of hydrogen-bond acceptors (Lipinski definition) is 6. The zero-order valence-corrected chi connectivity index (χ0v) is 14.6. The number of carbonyl (C=O) groups excluding carboxylic acids is 2. The van der Waals surface area contributed by atoms with Crippen LogP contribution in [0.4, 0.5) is 5.69 Å². The van der Waals surface area contributed by atoms with Crippen molar-refractivity contribution in [1.29, 1.82) is 0 Å². The highest BCUT2D eigenvalue weighted by molar-refractivity contribution is 9.10. The lowest BCUT2D eigenvalue weighted by Gasteiger charge is -2.09. The van der Waals surface area contributed by atoms with Crippen LogP contribution in [-0.2, 0) is 11.3 Å². The molecule has 25 heavy (non-hydrogen) atoms. The minimum Gasteiger partial charge on any atom is -0.497 e. The number of ether oxygens (including phenoxy) is 2. The second kappa shape index (κ2) is 7.75. The van der Waals surface area contributed by atoms with Crippen molar-refractivity contribution < 1.29 is 24.0 Å². The molecular weight excluding hydrogens is 396 g/mol. The molecule has 0 unspecified atom stereocenters. The Labute approximate surface area is 150 Å². The number of rotatable bonds is 6. The van der Waals surface area contributed by atoms with E-state index in [0.29, 0.717) is 10.2 Å². The first-order chi connectivity index (χ1) is 11.8. The minimum atomic E-state index is -0.785. The average Bonchev–Trinajstić information content (AvgIpc) is 2.59. The van der Waals surface area contributed by atoms with Gasteiger partial charge in [0.1, 0.15) is 12.4 Å². The lowest BCUT2D eigenvalue weighted by atomic mass is 10.1. The number of amides is 1. The van der Waals surface area contributed by atoms with Crippen LogP contribution >= 0.6 is 15.9 Å². The highest BCUT2D eigenvalue weighted by atomic mass is 79.9. The Kier molecular flexibility index (Phi) is 5.71. The van der Waals surface area contributed by atoms with Crippen LogP contribution in [0.3, 0.4) is 0 Å². The molecule has 1 amide bonds. The van der Waals surface area contributed by atoms with Gasteiger partial charge in [-0.15, -0.1) is 0 Å². The number of primary amides is 1. The molecule has 130 valence electrons. The molecule has 0 atom stereocenters. The van der Waals surface area contributed by atoms with Crippen molar-refractivity contribution in [2.45, 2.75) is 6.61 Å². The van der Waals surface area contributed by atoms with Gasteiger partial charge < -0.3 is 15.2 Å². The van der Waals surface area contributed by atoms with Gasteiger partial charge in [0.2, 0.25) is 5.91 Å². The number of nitrogens with zero attached hydrogens (tertiary/aromatic N) is 1. The Hall–Kier alpha value is -2.94. The van der Waals surface area contributed by atoms with Gasteiger partial charge >= 0.3 is 5.97 Å². The molecular formula is C16H13BrN2O6. The fourth-order valence-corrected chi connectivity index (χ4v) is 2.43. The summed E-state index contributed by atoms with van der Waals surface area (Å²) in [6, 6.07) is 8.48. The number of hydrogen-bond donors (Lipinski definition) is 1. The summed E-state index contributed by atoms with van der Waals surface area (Å²) in [5.74, 6) is -1.00. The lowest BCUT2D eigenvalue weighted by Crippen LogP contribution is -2.12. The van der Waals surface area contributed by atoms with Gasteiger partial charge in [-0.3, -0.25) is 14.9 Å². The van der Waals surface area contributed by atoms with Crippen LogP contribution in [0.5, 0.6) is 5.75 Å². The summed E-state index contributed by atoms with van der Waals surface area (Å²) in [7, 11) is 1.46. The van der Waals surface area contributed by atoms with Gasteiger partial charge in [-0.25, -0.2) is 4.79 Å². The standard InChI is InChI=1S/C16H13BrN2O6/c1-24-11-4-5-13(17)12(7-11)16(21)25-8-10-3-2-9(15(18)20)6-14(10)19(22)23/h2-7H,8H2,1H3,(H2,18,20). The van der Waals surface area contributed by atoms with Crippen LogP contribution in [0.15, 0.2) is 40.9 Å². The van der Waals surface area contributed by atoms with E-state index in [-0.39, 0.29) is 29.0 Å². The quantitative estimate of drug-likeness (QED) is 0.445. The molecule has 0 bridgehead atoms. The molecule has 8 nitrogen and oxygen atoms in total. The van der Waals surface area contributed by atoms with E-state index in [1.54, 1.807) is 12.1 Å². The highest BCUT2D eigenvalue weighted by Gasteiger charge is 2.19. The molecule has 0 fully saturated rings. The first-order valence-electron chi connectivity index (χ1n) is 6.91. The molecule has 0 spiro atoms. The molecule has 0 saturated carbocycles. The van der Waals surface area contributed by atoms with Gasteiger partial charge in [0, 0.05) is 16.1 Å². The number of halogens is 1. The van der Waals surface area contributed by atoms with Crippen molar-refractivity contribution in [3.8, 4) is 5.75 Å². The fraction of sp³-hybridized carbons (Fsp3) is 0.125. The number of nitrogens with two attached hydrogens (primary N) is 1. The molecule has 2 aromatic carbocycles. The van der Waals surface area contributed by atoms with Crippen LogP contribution in [-0.4, -0.2) is 23.9 Å². The highest BCUT2D eigenvalue weighted by Crippen LogP contribution is 2.25. The lowest BCUT2D eigenvalue weighted by molar-refractivity contribution is -0.385. The van der Waals surface area contributed by atoms with E-state index in [4.69, 9.17) is 15.2 Å². The zero-order chi connectivity index (χ0) is 18.6. The van der Waals surface area contributed by atoms with Crippen LogP contribution in [0.25, 0.3) is 0 Å². The van der Waals surface area contributed by atoms with E-state index in [1.807, 2.05) is 0 Å². The molecule has 2 N–H and O–H groups in total. The normalized spacial score (nSPS) is 10.2. The zero-order valence-electron chi connectivity index (χ0n) is 13.0. The number of methoxy groups -OCH3 is 1. The van der Waals surface area contributed by atoms with Crippen molar-refractivity contribution >= 4 is 33.5 Å². The van der Waals surface area contributed by atoms with Gasteiger partial charge in [-0.2, -0.15) is 0 Å². The molecule has 0 saturated heterocycles. The SMILES string of the molecule is COc1ccc(Br)c(C(=O)OCc2ccc(C(N)=O)cc2[N+](=O)[O-])c1. The summed E-state index contributed by atoms with van der Waals surface area (Å²) >= 11 is 3.23. The summed E-state index contributed by atoms with van der Waals surface area (Å²) in [4.78, 5) is 33.8. The van der Waals surface area contributed by atoms with E-state index in [9.17, 15) is 19.7 Å². The maximum Gasteiger partial charge on any atom is 0.339 e. The topological polar surface area (TPSA) is 122 Å². The Balaban J connectivity index is 2.22. The molecule has 2 aromatic rings. The summed E-state index contributed by atoms with van der Waals surface area (Å²) < 4.78 is 10.7. The van der Waals surface area contributed by atoms with Gasteiger partial charge in [-0.05, 0) is 46.3 Å². The molecule has 0 radical (unpaired) electrons. The van der Waals surface area contributed by atoms with E-state index in [1.165, 1.54) is 25.3 Å². The number of nitro groups is 1. The van der Waals surface area contributed by atoms with Crippen LogP contribution < -0.4 is 10.5 Å². The van der Waals surface area contributed by atoms with E-state index in [2.05, 4.69) is 15.9 Å². The second-order valence-electron chi connectivity index (χ2n) is 4.89. The molecule has 0 aliphatic rings. The molecule has 0 aliphatic heterocycles. The molecule has 0 heterocycles. The molecule has 2 rings (SSSR count). The molecule has 0 aliphatic carbocycles. The van der Waals surface area contributed by atoms with E-state index < -0.39 is 16.8 Å². The van der Waals surface area contributed by atoms with Crippen molar-refractivity contribution in [3.63, 3.8) is 0 Å². The van der Waals surface area contributed by atoms with Crippen molar-refractivity contribution in [1.82, 2.24) is 0 Å². The maximum absolute atomic E-state index is 12.2. The van der Waals surface area contributed by atoms with Gasteiger partial charge in [0.25, 0.3) is 5.69 Å². The number of esters is 1. The van der Waals surface area contributed by atoms with Crippen molar-refractivity contribution in [2.24, 2.45) is 5.73 Å². The third kappa shape index (κ3) is 4.32. The minimum absolute atomic E-state index is 0.00248. The molecule has 0 aromatic heterocycles. The predicted octanol–water partition coefficient (Wildman–Crippen LogP) is 2.82. The van der Waals surface area contributed by atoms with E-state index in [0.717, 1.165) is 6.07 Å². The molecule has 9 heteroatoms. The van der Waals surface area contributed by atoms with Crippen LogP contribution in [0, 0.1) is 10.1 Å². The number of nitro benzene ring substituents is 1. The number of benzene rings is 2. The van der Waals surface area contributed by atoms with Gasteiger partial charge in [-0.1, -0.05) is 0 Å². The smallest absolute Gasteiger partial charge is 0.339 e. The Morgan fingerprint density at radius 1 is 1.24 bits per heavy atom. The van der Waals surface area contributed by atoms with E-state index >= 15 is 0 Å². The Morgan fingerprint density at radius 2 is 1.96 bits per heavy atom.